The SMILES string of the molecule is COc1nc(NCCOCCOCCN)nc(N2CCOCC2)n1. The molecule has 10 nitrogen and oxygen atoms in total. The Morgan fingerprint density at radius 3 is 2.54 bits per heavy atom. The quantitative estimate of drug-likeness (QED) is 0.491. The second-order valence-corrected chi connectivity index (χ2v) is 4.99. The molecule has 2 rings (SSSR count). The molecule has 1 saturated heterocycles. The molecule has 0 spiro atoms. The maximum atomic E-state index is 5.45. The molecular weight excluding hydrogens is 316 g/mol. The molecule has 136 valence electrons. The Morgan fingerprint density at radius 1 is 1.08 bits per heavy atom. The Hall–Kier alpha value is -1.75. The van der Waals surface area contributed by atoms with Gasteiger partial charge in [-0.25, -0.2) is 0 Å². The van der Waals surface area contributed by atoms with Crippen LogP contribution in [-0.2, 0) is 14.2 Å². The molecule has 2 heterocycles. The van der Waals surface area contributed by atoms with Crippen LogP contribution in [0.2, 0.25) is 0 Å². The fraction of sp³-hybridized carbons (Fsp3) is 0.786. The zero-order chi connectivity index (χ0) is 17.0. The van der Waals surface area contributed by atoms with E-state index in [4.69, 9.17) is 24.7 Å². The lowest BCUT2D eigenvalue weighted by molar-refractivity contribution is 0.0547. The van der Waals surface area contributed by atoms with Crippen molar-refractivity contribution in [3.8, 4) is 6.01 Å². The average Bonchev–Trinajstić information content (AvgIpc) is 2.64. The van der Waals surface area contributed by atoms with Crippen LogP contribution in [0.15, 0.2) is 0 Å². The second-order valence-electron chi connectivity index (χ2n) is 4.99. The van der Waals surface area contributed by atoms with Gasteiger partial charge in [0.25, 0.3) is 0 Å². The van der Waals surface area contributed by atoms with Crippen molar-refractivity contribution in [3.05, 3.63) is 0 Å². The molecule has 1 aliphatic rings. The number of methoxy groups -OCH3 is 1. The van der Waals surface area contributed by atoms with Gasteiger partial charge in [0.05, 0.1) is 46.8 Å². The van der Waals surface area contributed by atoms with Crippen molar-refractivity contribution in [1.82, 2.24) is 15.0 Å². The fourth-order valence-electron chi connectivity index (χ4n) is 2.06. The third kappa shape index (κ3) is 6.40. The Labute approximate surface area is 141 Å². The number of rotatable bonds is 11. The van der Waals surface area contributed by atoms with Crippen LogP contribution >= 0.6 is 0 Å². The van der Waals surface area contributed by atoms with Crippen molar-refractivity contribution in [1.29, 1.82) is 0 Å². The Kier molecular flexibility index (Phi) is 8.46. The maximum absolute atomic E-state index is 5.45. The number of ether oxygens (including phenoxy) is 4. The van der Waals surface area contributed by atoms with Crippen LogP contribution in [0.4, 0.5) is 11.9 Å². The van der Waals surface area contributed by atoms with Gasteiger partial charge in [0, 0.05) is 26.2 Å². The smallest absolute Gasteiger partial charge is 0.322 e. The molecule has 1 aromatic rings. The van der Waals surface area contributed by atoms with Crippen molar-refractivity contribution in [2.75, 3.05) is 83.1 Å². The van der Waals surface area contributed by atoms with Crippen molar-refractivity contribution < 1.29 is 18.9 Å². The first-order valence-electron chi connectivity index (χ1n) is 8.05. The van der Waals surface area contributed by atoms with Crippen molar-refractivity contribution in [3.63, 3.8) is 0 Å². The summed E-state index contributed by atoms with van der Waals surface area (Å²) in [6, 6.07) is 0.282. The summed E-state index contributed by atoms with van der Waals surface area (Å²) in [5, 5.41) is 3.11. The molecule has 1 aromatic heterocycles. The van der Waals surface area contributed by atoms with E-state index in [1.165, 1.54) is 7.11 Å². The lowest BCUT2D eigenvalue weighted by Gasteiger charge is -2.26. The monoisotopic (exact) mass is 342 g/mol. The van der Waals surface area contributed by atoms with E-state index in [-0.39, 0.29) is 6.01 Å². The van der Waals surface area contributed by atoms with Gasteiger partial charge >= 0.3 is 6.01 Å². The molecule has 0 amide bonds. The highest BCUT2D eigenvalue weighted by molar-refractivity contribution is 5.38. The minimum Gasteiger partial charge on any atom is -0.467 e. The van der Waals surface area contributed by atoms with E-state index in [1.807, 2.05) is 4.90 Å². The van der Waals surface area contributed by atoms with E-state index in [0.717, 1.165) is 13.1 Å². The minimum atomic E-state index is 0.282. The predicted molar refractivity (Wildman–Crippen MR) is 88.6 cm³/mol. The average molecular weight is 342 g/mol. The highest BCUT2D eigenvalue weighted by atomic mass is 16.5. The lowest BCUT2D eigenvalue weighted by atomic mass is 10.4. The molecule has 10 heteroatoms. The molecule has 0 aliphatic carbocycles. The van der Waals surface area contributed by atoms with Crippen molar-refractivity contribution in [2.45, 2.75) is 0 Å². The summed E-state index contributed by atoms with van der Waals surface area (Å²) in [5.74, 6) is 1.05. The number of nitrogens with zero attached hydrogens (tertiary/aromatic N) is 4. The Balaban J connectivity index is 1.77. The molecule has 1 fully saturated rings. The number of hydrogen-bond donors (Lipinski definition) is 2. The molecule has 0 aromatic carbocycles. The zero-order valence-corrected chi connectivity index (χ0v) is 14.1. The molecule has 0 atom stereocenters. The van der Waals surface area contributed by atoms with E-state index in [9.17, 15) is 0 Å². The summed E-state index contributed by atoms with van der Waals surface area (Å²) in [6.07, 6.45) is 0. The first-order chi connectivity index (χ1) is 11.8. The van der Waals surface area contributed by atoms with Crippen LogP contribution in [0.3, 0.4) is 0 Å². The third-order valence-electron chi connectivity index (χ3n) is 3.24. The zero-order valence-electron chi connectivity index (χ0n) is 14.1. The Bertz CT molecular complexity index is 473. The fourth-order valence-corrected chi connectivity index (χ4v) is 2.06. The molecule has 0 radical (unpaired) electrons. The summed E-state index contributed by atoms with van der Waals surface area (Å²) in [7, 11) is 1.53. The standard InChI is InChI=1S/C14H26N6O4/c1-21-14-18-12(16-3-7-23-11-10-22-6-2-15)17-13(19-14)20-4-8-24-9-5-20/h2-11,15H2,1H3,(H,16,17,18,19). The van der Waals surface area contributed by atoms with E-state index >= 15 is 0 Å². The van der Waals surface area contributed by atoms with Gasteiger partial charge < -0.3 is 34.9 Å². The summed E-state index contributed by atoms with van der Waals surface area (Å²) < 4.78 is 21.2. The molecular formula is C14H26N6O4. The van der Waals surface area contributed by atoms with E-state index in [1.54, 1.807) is 0 Å². The molecule has 0 saturated carbocycles. The van der Waals surface area contributed by atoms with Gasteiger partial charge in [0.15, 0.2) is 0 Å². The van der Waals surface area contributed by atoms with Gasteiger partial charge in [0.1, 0.15) is 0 Å². The van der Waals surface area contributed by atoms with Crippen molar-refractivity contribution >= 4 is 11.9 Å². The summed E-state index contributed by atoms with van der Waals surface area (Å²) >= 11 is 0. The number of aromatic nitrogens is 3. The highest BCUT2D eigenvalue weighted by Gasteiger charge is 2.16. The first-order valence-corrected chi connectivity index (χ1v) is 8.05. The lowest BCUT2D eigenvalue weighted by Crippen LogP contribution is -2.37. The highest BCUT2D eigenvalue weighted by Crippen LogP contribution is 2.15. The second kappa shape index (κ2) is 10.9. The van der Waals surface area contributed by atoms with E-state index in [0.29, 0.717) is 64.6 Å². The van der Waals surface area contributed by atoms with Crippen LogP contribution in [0, 0.1) is 0 Å². The van der Waals surface area contributed by atoms with Crippen LogP contribution in [-0.4, -0.2) is 87.9 Å². The van der Waals surface area contributed by atoms with Crippen molar-refractivity contribution in [2.24, 2.45) is 5.73 Å². The number of morpholine rings is 1. The molecule has 3 N–H and O–H groups in total. The maximum Gasteiger partial charge on any atom is 0.322 e. The third-order valence-corrected chi connectivity index (χ3v) is 3.24. The normalized spacial score (nSPS) is 14.7. The van der Waals surface area contributed by atoms with E-state index in [2.05, 4.69) is 20.3 Å². The van der Waals surface area contributed by atoms with Crippen LogP contribution in [0.5, 0.6) is 6.01 Å². The minimum absolute atomic E-state index is 0.282. The summed E-state index contributed by atoms with van der Waals surface area (Å²) in [6.45, 7) is 6.06. The Morgan fingerprint density at radius 2 is 1.83 bits per heavy atom. The summed E-state index contributed by atoms with van der Waals surface area (Å²) in [4.78, 5) is 15.0. The van der Waals surface area contributed by atoms with Gasteiger partial charge in [-0.1, -0.05) is 0 Å². The molecule has 24 heavy (non-hydrogen) atoms. The van der Waals surface area contributed by atoms with Gasteiger partial charge in [0.2, 0.25) is 11.9 Å². The molecule has 0 unspecified atom stereocenters. The van der Waals surface area contributed by atoms with E-state index < -0.39 is 0 Å². The number of nitrogens with two attached hydrogens (primary N) is 1. The van der Waals surface area contributed by atoms with Crippen LogP contribution in [0.25, 0.3) is 0 Å². The number of anilines is 2. The van der Waals surface area contributed by atoms with Crippen LogP contribution < -0.4 is 20.7 Å². The van der Waals surface area contributed by atoms with Gasteiger partial charge in [-0.2, -0.15) is 15.0 Å². The van der Waals surface area contributed by atoms with Crippen LogP contribution in [0.1, 0.15) is 0 Å². The van der Waals surface area contributed by atoms with Gasteiger partial charge in [-0.05, 0) is 0 Å². The topological polar surface area (TPSA) is 117 Å². The number of nitrogens with one attached hydrogen (secondary N) is 1. The summed E-state index contributed by atoms with van der Waals surface area (Å²) in [5.41, 5.74) is 5.33. The molecule has 1 aliphatic heterocycles. The predicted octanol–water partition coefficient (Wildman–Crippen LogP) is -0.879. The number of hydrogen-bond acceptors (Lipinski definition) is 10. The first kappa shape index (κ1) is 18.6. The largest absolute Gasteiger partial charge is 0.467 e. The van der Waals surface area contributed by atoms with Gasteiger partial charge in [-0.3, -0.25) is 0 Å². The van der Waals surface area contributed by atoms with Gasteiger partial charge in [-0.15, -0.1) is 0 Å². The molecule has 0 bridgehead atoms.